The van der Waals surface area contributed by atoms with Gasteiger partial charge in [0.15, 0.2) is 0 Å². The van der Waals surface area contributed by atoms with Crippen LogP contribution in [0.2, 0.25) is 0 Å². The van der Waals surface area contributed by atoms with Crippen molar-refractivity contribution in [2.24, 2.45) is 10.4 Å². The van der Waals surface area contributed by atoms with Crippen LogP contribution in [0.15, 0.2) is 22.1 Å². The molecule has 1 rings (SSSR count). The second-order valence-corrected chi connectivity index (χ2v) is 1.54. The Kier molecular flexibility index (Phi) is 1.81. The molecule has 1 aliphatic rings. The van der Waals surface area contributed by atoms with Crippen LogP contribution in [0.4, 0.5) is 0 Å². The predicted octanol–water partition coefficient (Wildman–Crippen LogP) is 0.710. The first-order valence-corrected chi connectivity index (χ1v) is 2.47. The van der Waals surface area contributed by atoms with Crippen molar-refractivity contribution in [2.45, 2.75) is 0 Å². The van der Waals surface area contributed by atoms with Gasteiger partial charge in [0.1, 0.15) is 9.85 Å². The van der Waals surface area contributed by atoms with Crippen molar-refractivity contribution < 1.29 is 9.85 Å². The van der Waals surface area contributed by atoms with Gasteiger partial charge in [-0.3, -0.25) is 20.2 Å². The highest BCUT2D eigenvalue weighted by Gasteiger charge is 2.25. The normalized spacial score (nSPS) is 13.5. The summed E-state index contributed by atoms with van der Waals surface area (Å²) in [5.74, 6) is -2.04. The van der Waals surface area contributed by atoms with Crippen molar-refractivity contribution in [3.05, 3.63) is 42.7 Å². The summed E-state index contributed by atoms with van der Waals surface area (Å²) in [5.41, 5.74) is 5.93. The van der Waals surface area contributed by atoms with Crippen LogP contribution in [0.3, 0.4) is 0 Å². The van der Waals surface area contributed by atoms with E-state index in [-0.39, 0.29) is 0 Å². The van der Waals surface area contributed by atoms with Gasteiger partial charge in [0.25, 0.3) is 0 Å². The number of nitrogens with zero attached hydrogens (tertiary/aromatic N) is 6. The molecule has 0 saturated carbocycles. The standard InChI is InChI=1S/C2N6O4/c9-7(10)2(8(11)12)1-3-5-6-4-1/q-2. The maximum absolute atomic E-state index is 10.0. The van der Waals surface area contributed by atoms with Gasteiger partial charge >= 0.3 is 5.82 Å². The SMILES string of the molecule is O=[N+]([O-])C(=C1[N-]N=N[N-]1)[N+](=O)[O-]. The Labute approximate surface area is 64.2 Å². The lowest BCUT2D eigenvalue weighted by Crippen LogP contribution is -2.11. The molecule has 0 bridgehead atoms. The molecule has 0 spiro atoms. The molecule has 0 fully saturated rings. The Hall–Kier alpha value is -2.26. The van der Waals surface area contributed by atoms with Crippen molar-refractivity contribution in [1.29, 1.82) is 0 Å². The van der Waals surface area contributed by atoms with Gasteiger partial charge in [-0.15, -0.1) is 0 Å². The van der Waals surface area contributed by atoms with Gasteiger partial charge in [-0.05, 0) is 0 Å². The summed E-state index contributed by atoms with van der Waals surface area (Å²) in [6, 6.07) is 0. The van der Waals surface area contributed by atoms with Gasteiger partial charge in [-0.1, -0.05) is 0 Å². The molecule has 0 unspecified atom stereocenters. The van der Waals surface area contributed by atoms with Crippen LogP contribution in [-0.2, 0) is 0 Å². The van der Waals surface area contributed by atoms with Gasteiger partial charge < -0.3 is 21.3 Å². The quantitative estimate of drug-likeness (QED) is 0.446. The van der Waals surface area contributed by atoms with Crippen LogP contribution in [0.25, 0.3) is 10.9 Å². The van der Waals surface area contributed by atoms with Gasteiger partial charge in [-0.2, -0.15) is 0 Å². The maximum atomic E-state index is 10.0. The number of nitro groups is 2. The third-order valence-corrected chi connectivity index (χ3v) is 0.865. The lowest BCUT2D eigenvalue weighted by Gasteiger charge is -2.09. The second-order valence-electron chi connectivity index (χ2n) is 1.54. The number of hydrogen-bond donors (Lipinski definition) is 0. The van der Waals surface area contributed by atoms with Crippen molar-refractivity contribution in [2.75, 3.05) is 0 Å². The van der Waals surface area contributed by atoms with Crippen molar-refractivity contribution >= 4 is 0 Å². The Morgan fingerprint density at radius 3 is 1.92 bits per heavy atom. The molecule has 0 aliphatic carbocycles. The summed E-state index contributed by atoms with van der Waals surface area (Å²) < 4.78 is 0. The zero-order chi connectivity index (χ0) is 9.14. The molecule has 1 heterocycles. The van der Waals surface area contributed by atoms with Crippen molar-refractivity contribution in [3.8, 4) is 0 Å². The zero-order valence-corrected chi connectivity index (χ0v) is 5.32. The average molecular weight is 172 g/mol. The van der Waals surface area contributed by atoms with E-state index in [1.165, 1.54) is 0 Å². The highest BCUT2D eigenvalue weighted by atomic mass is 16.7. The summed E-state index contributed by atoms with van der Waals surface area (Å²) in [4.78, 5) is 17.6. The molecule has 0 amide bonds. The average Bonchev–Trinajstić information content (AvgIpc) is 2.37. The monoisotopic (exact) mass is 172 g/mol. The summed E-state index contributed by atoms with van der Waals surface area (Å²) in [5, 5.41) is 25.8. The highest BCUT2D eigenvalue weighted by Crippen LogP contribution is 2.26. The zero-order valence-electron chi connectivity index (χ0n) is 5.32. The van der Waals surface area contributed by atoms with Gasteiger partial charge in [0.05, 0.1) is 0 Å². The van der Waals surface area contributed by atoms with E-state index in [2.05, 4.69) is 21.3 Å². The van der Waals surface area contributed by atoms with Gasteiger partial charge in [0.2, 0.25) is 0 Å². The second kappa shape index (κ2) is 2.77. The van der Waals surface area contributed by atoms with Crippen LogP contribution in [0.5, 0.6) is 0 Å². The maximum Gasteiger partial charge on any atom is 0.545 e. The molecule has 0 radical (unpaired) electrons. The van der Waals surface area contributed by atoms with Crippen LogP contribution < -0.4 is 0 Å². The molecule has 64 valence electrons. The van der Waals surface area contributed by atoms with E-state index in [0.29, 0.717) is 0 Å². The van der Waals surface area contributed by atoms with Gasteiger partial charge in [-0.25, -0.2) is 0 Å². The molecule has 12 heavy (non-hydrogen) atoms. The number of hydrogen-bond acceptors (Lipinski definition) is 6. The lowest BCUT2D eigenvalue weighted by molar-refractivity contribution is -0.616. The minimum absolute atomic E-state index is 0.704. The third-order valence-electron chi connectivity index (χ3n) is 0.865. The van der Waals surface area contributed by atoms with E-state index in [1.807, 2.05) is 0 Å². The van der Waals surface area contributed by atoms with Crippen LogP contribution >= 0.6 is 0 Å². The summed E-state index contributed by atoms with van der Waals surface area (Å²) in [7, 11) is 0. The number of rotatable bonds is 2. The molecule has 10 nitrogen and oxygen atoms in total. The summed E-state index contributed by atoms with van der Waals surface area (Å²) in [6.07, 6.45) is 0. The highest BCUT2D eigenvalue weighted by molar-refractivity contribution is 5.28. The van der Waals surface area contributed by atoms with Crippen LogP contribution in [0.1, 0.15) is 0 Å². The van der Waals surface area contributed by atoms with Gasteiger partial charge in [0, 0.05) is 5.82 Å². The fourth-order valence-electron chi connectivity index (χ4n) is 0.464. The fourth-order valence-corrected chi connectivity index (χ4v) is 0.464. The Morgan fingerprint density at radius 2 is 1.58 bits per heavy atom. The van der Waals surface area contributed by atoms with E-state index in [9.17, 15) is 20.2 Å². The fraction of sp³-hybridized carbons (Fsp3) is 0. The van der Waals surface area contributed by atoms with E-state index < -0.39 is 21.5 Å². The first-order valence-electron chi connectivity index (χ1n) is 2.47. The van der Waals surface area contributed by atoms with E-state index in [0.717, 1.165) is 0 Å². The largest absolute Gasteiger partial charge is 0.557 e. The molecule has 0 atom stereocenters. The Morgan fingerprint density at radius 1 is 1.17 bits per heavy atom. The summed E-state index contributed by atoms with van der Waals surface area (Å²) >= 11 is 0. The first-order chi connectivity index (χ1) is 5.63. The van der Waals surface area contributed by atoms with Crippen molar-refractivity contribution in [3.63, 3.8) is 0 Å². The molecular weight excluding hydrogens is 172 g/mol. The predicted molar refractivity (Wildman–Crippen MR) is 32.6 cm³/mol. The molecule has 0 aromatic heterocycles. The Balaban J connectivity index is 2.99. The van der Waals surface area contributed by atoms with E-state index in [1.54, 1.807) is 0 Å². The molecule has 0 aromatic carbocycles. The third kappa shape index (κ3) is 1.25. The molecule has 0 saturated heterocycles. The minimum atomic E-state index is -1.33. The van der Waals surface area contributed by atoms with Crippen LogP contribution in [-0.4, -0.2) is 9.85 Å². The summed E-state index contributed by atoms with van der Waals surface area (Å²) in [6.45, 7) is 0. The Bertz CT molecular complexity index is 266. The molecule has 10 heteroatoms. The molecule has 0 aromatic rings. The minimum Gasteiger partial charge on any atom is -0.557 e. The topological polar surface area (TPSA) is 139 Å². The van der Waals surface area contributed by atoms with Crippen molar-refractivity contribution in [1.82, 2.24) is 0 Å². The molecule has 0 N–H and O–H groups in total. The first kappa shape index (κ1) is 7.84. The van der Waals surface area contributed by atoms with E-state index in [4.69, 9.17) is 0 Å². The lowest BCUT2D eigenvalue weighted by atomic mass is 10.7. The molecular formula is C2N6O4-2. The van der Waals surface area contributed by atoms with Crippen LogP contribution in [0, 0.1) is 20.2 Å². The smallest absolute Gasteiger partial charge is 0.545 e. The van der Waals surface area contributed by atoms with E-state index >= 15 is 0 Å². The molecule has 1 aliphatic heterocycles.